The van der Waals surface area contributed by atoms with Gasteiger partial charge in [-0.15, -0.1) is 0 Å². The number of hydrogen-bond donors (Lipinski definition) is 2. The van der Waals surface area contributed by atoms with E-state index >= 15 is 0 Å². The zero-order valence-corrected chi connectivity index (χ0v) is 16.1. The summed E-state index contributed by atoms with van der Waals surface area (Å²) in [5, 5.41) is 21.5. The lowest BCUT2D eigenvalue weighted by Crippen LogP contribution is -2.39. The van der Waals surface area contributed by atoms with E-state index in [1.807, 2.05) is 0 Å². The number of carbonyl (C=O) groups excluding carboxylic acids is 2. The van der Waals surface area contributed by atoms with Crippen LogP contribution >= 0.6 is 0 Å². The van der Waals surface area contributed by atoms with Crippen LogP contribution in [0.2, 0.25) is 0 Å². The molecule has 0 amide bonds. The number of aliphatic hydroxyl groups excluding tert-OH is 1. The molecule has 148 valence electrons. The van der Waals surface area contributed by atoms with Crippen molar-refractivity contribution in [2.75, 3.05) is 6.61 Å². The molecule has 2 bridgehead atoms. The molecule has 0 aliphatic carbocycles. The van der Waals surface area contributed by atoms with Crippen LogP contribution in [0.4, 0.5) is 0 Å². The van der Waals surface area contributed by atoms with E-state index in [4.69, 9.17) is 14.2 Å². The molecule has 0 radical (unpaired) electrons. The summed E-state index contributed by atoms with van der Waals surface area (Å²) in [6.07, 6.45) is 3.08. The Kier molecular flexibility index (Phi) is 5.05. The van der Waals surface area contributed by atoms with E-state index < -0.39 is 29.4 Å². The molecule has 3 rings (SSSR count). The molecule has 0 spiro atoms. The van der Waals surface area contributed by atoms with Gasteiger partial charge in [-0.05, 0) is 39.7 Å². The van der Waals surface area contributed by atoms with Crippen molar-refractivity contribution in [3.8, 4) is 0 Å². The van der Waals surface area contributed by atoms with Gasteiger partial charge in [0, 0.05) is 24.0 Å². The van der Waals surface area contributed by atoms with E-state index in [0.29, 0.717) is 18.4 Å². The highest BCUT2D eigenvalue weighted by Gasteiger charge is 2.51. The van der Waals surface area contributed by atoms with Crippen LogP contribution in [-0.2, 0) is 23.8 Å². The van der Waals surface area contributed by atoms with Gasteiger partial charge in [-0.25, -0.2) is 9.59 Å². The SMILES string of the molecule is CC(C)=CC(=O)OCC1=C2/C(=C\[C@@]3(C)CC[C@@](O)(O3)[C@H](C)C[C@@H]2O)OC1=O. The number of aliphatic hydroxyl groups is 2. The number of hydrogen-bond acceptors (Lipinski definition) is 7. The fraction of sp³-hybridized carbons (Fsp3) is 0.600. The molecule has 3 aliphatic rings. The highest BCUT2D eigenvalue weighted by molar-refractivity contribution is 5.95. The Hall–Kier alpha value is -1.96. The minimum absolute atomic E-state index is 0.116. The molecule has 0 aromatic rings. The molecule has 0 unspecified atom stereocenters. The Morgan fingerprint density at radius 1 is 1.41 bits per heavy atom. The first kappa shape index (κ1) is 19.8. The van der Waals surface area contributed by atoms with Gasteiger partial charge in [0.15, 0.2) is 5.79 Å². The summed E-state index contributed by atoms with van der Waals surface area (Å²) >= 11 is 0. The number of esters is 2. The molecule has 0 aromatic heterocycles. The van der Waals surface area contributed by atoms with Crippen molar-refractivity contribution in [3.05, 3.63) is 34.6 Å². The van der Waals surface area contributed by atoms with Gasteiger partial charge >= 0.3 is 11.9 Å². The fourth-order valence-electron chi connectivity index (χ4n) is 3.80. The lowest BCUT2D eigenvalue weighted by atomic mass is 9.86. The molecule has 0 saturated carbocycles. The van der Waals surface area contributed by atoms with Crippen LogP contribution in [0.5, 0.6) is 0 Å². The molecular weight excluding hydrogens is 352 g/mol. The van der Waals surface area contributed by atoms with Crippen LogP contribution in [-0.4, -0.2) is 46.3 Å². The van der Waals surface area contributed by atoms with Crippen LogP contribution < -0.4 is 0 Å². The number of rotatable bonds is 3. The molecule has 7 nitrogen and oxygen atoms in total. The smallest absolute Gasteiger partial charge is 0.343 e. The summed E-state index contributed by atoms with van der Waals surface area (Å²) in [7, 11) is 0. The molecule has 1 saturated heterocycles. The third kappa shape index (κ3) is 3.85. The number of ether oxygens (including phenoxy) is 3. The average molecular weight is 378 g/mol. The fourth-order valence-corrected chi connectivity index (χ4v) is 3.80. The normalized spacial score (nSPS) is 37.4. The van der Waals surface area contributed by atoms with Gasteiger partial charge in [-0.1, -0.05) is 12.5 Å². The van der Waals surface area contributed by atoms with E-state index in [2.05, 4.69) is 0 Å². The van der Waals surface area contributed by atoms with Gasteiger partial charge in [-0.3, -0.25) is 0 Å². The lowest BCUT2D eigenvalue weighted by Gasteiger charge is -2.32. The van der Waals surface area contributed by atoms with E-state index in [1.165, 1.54) is 6.08 Å². The number of fused-ring (bicyclic) bond motifs is 3. The Bertz CT molecular complexity index is 758. The van der Waals surface area contributed by atoms with Crippen LogP contribution in [0, 0.1) is 5.92 Å². The van der Waals surface area contributed by atoms with Gasteiger partial charge < -0.3 is 24.4 Å². The highest BCUT2D eigenvalue weighted by atomic mass is 16.6. The monoisotopic (exact) mass is 378 g/mol. The third-order valence-electron chi connectivity index (χ3n) is 5.31. The zero-order valence-electron chi connectivity index (χ0n) is 16.1. The molecule has 1 fully saturated rings. The van der Waals surface area contributed by atoms with Crippen molar-refractivity contribution < 1.29 is 34.0 Å². The molecule has 2 N–H and O–H groups in total. The summed E-state index contributed by atoms with van der Waals surface area (Å²) in [5.41, 5.74) is 0.378. The Balaban J connectivity index is 1.96. The van der Waals surface area contributed by atoms with Crippen LogP contribution in [0.3, 0.4) is 0 Å². The maximum atomic E-state index is 12.4. The zero-order chi connectivity index (χ0) is 20.0. The predicted octanol–water partition coefficient (Wildman–Crippen LogP) is 1.89. The first-order valence-electron chi connectivity index (χ1n) is 9.14. The summed E-state index contributed by atoms with van der Waals surface area (Å²) in [6, 6.07) is 0. The second-order valence-corrected chi connectivity index (χ2v) is 8.03. The largest absolute Gasteiger partial charge is 0.457 e. The second kappa shape index (κ2) is 6.89. The van der Waals surface area contributed by atoms with Crippen molar-refractivity contribution in [3.63, 3.8) is 0 Å². The first-order chi connectivity index (χ1) is 12.5. The average Bonchev–Trinajstić information content (AvgIpc) is 3.02. The van der Waals surface area contributed by atoms with Crippen molar-refractivity contribution in [1.82, 2.24) is 0 Å². The van der Waals surface area contributed by atoms with E-state index in [0.717, 1.165) is 5.57 Å². The van der Waals surface area contributed by atoms with E-state index in [9.17, 15) is 19.8 Å². The number of allylic oxidation sites excluding steroid dienone is 1. The third-order valence-corrected chi connectivity index (χ3v) is 5.31. The van der Waals surface area contributed by atoms with Gasteiger partial charge in [0.2, 0.25) is 0 Å². The van der Waals surface area contributed by atoms with Gasteiger partial charge in [-0.2, -0.15) is 0 Å². The summed E-state index contributed by atoms with van der Waals surface area (Å²) in [5.74, 6) is -2.71. The maximum absolute atomic E-state index is 12.4. The molecular formula is C20H26O7. The van der Waals surface area contributed by atoms with Crippen LogP contribution in [0.1, 0.15) is 47.0 Å². The van der Waals surface area contributed by atoms with E-state index in [1.54, 1.807) is 33.8 Å². The first-order valence-corrected chi connectivity index (χ1v) is 9.14. The van der Waals surface area contributed by atoms with Gasteiger partial charge in [0.05, 0.1) is 17.3 Å². The minimum atomic E-state index is -1.34. The predicted molar refractivity (Wildman–Crippen MR) is 95.1 cm³/mol. The quantitative estimate of drug-likeness (QED) is 0.571. The molecule has 3 aliphatic heterocycles. The lowest BCUT2D eigenvalue weighted by molar-refractivity contribution is -0.238. The van der Waals surface area contributed by atoms with E-state index in [-0.39, 0.29) is 30.3 Å². The Labute approximate surface area is 158 Å². The van der Waals surface area contributed by atoms with Gasteiger partial charge in [0.25, 0.3) is 0 Å². The standard InChI is InChI=1S/C20H26O7/c1-11(2)7-16(22)25-10-13-17-14(21)8-12(3)20(24)6-5-19(4,27-20)9-15(17)26-18(13)23/h7,9,12,14,21,24H,5-6,8,10H2,1-4H3/b15-9+/t12-,14+,19-,20-/m1/s1. The summed E-state index contributed by atoms with van der Waals surface area (Å²) in [6.45, 7) is 6.84. The topological polar surface area (TPSA) is 102 Å². The number of carbonyl (C=O) groups is 2. The Morgan fingerprint density at radius 2 is 2.11 bits per heavy atom. The molecule has 7 heteroatoms. The second-order valence-electron chi connectivity index (χ2n) is 8.03. The van der Waals surface area contributed by atoms with Crippen molar-refractivity contribution in [2.45, 2.75) is 64.4 Å². The Morgan fingerprint density at radius 3 is 2.78 bits per heavy atom. The van der Waals surface area contributed by atoms with Crippen molar-refractivity contribution in [1.29, 1.82) is 0 Å². The van der Waals surface area contributed by atoms with Crippen molar-refractivity contribution in [2.24, 2.45) is 5.92 Å². The van der Waals surface area contributed by atoms with Crippen LogP contribution in [0.25, 0.3) is 0 Å². The van der Waals surface area contributed by atoms with Crippen LogP contribution in [0.15, 0.2) is 34.6 Å². The van der Waals surface area contributed by atoms with Gasteiger partial charge in [0.1, 0.15) is 12.4 Å². The summed E-state index contributed by atoms with van der Waals surface area (Å²) < 4.78 is 16.4. The molecule has 4 atom stereocenters. The van der Waals surface area contributed by atoms with Crippen molar-refractivity contribution >= 4 is 11.9 Å². The molecule has 27 heavy (non-hydrogen) atoms. The molecule has 3 heterocycles. The minimum Gasteiger partial charge on any atom is -0.457 e. The molecule has 0 aromatic carbocycles. The highest BCUT2D eigenvalue weighted by Crippen LogP contribution is 2.47. The maximum Gasteiger partial charge on any atom is 0.343 e. The summed E-state index contributed by atoms with van der Waals surface area (Å²) in [4.78, 5) is 24.1.